The zero-order chi connectivity index (χ0) is 26.4. The summed E-state index contributed by atoms with van der Waals surface area (Å²) in [6.07, 6.45) is 0. The monoisotopic (exact) mass is 514 g/mol. The van der Waals surface area contributed by atoms with E-state index in [1.165, 1.54) is 0 Å². The predicted molar refractivity (Wildman–Crippen MR) is 164 cm³/mol. The van der Waals surface area contributed by atoms with Crippen LogP contribution in [0.25, 0.3) is 88.1 Å². The van der Waals surface area contributed by atoms with E-state index in [1.807, 2.05) is 36.4 Å². The summed E-state index contributed by atoms with van der Waals surface area (Å²) in [6.45, 7) is 2.11. The summed E-state index contributed by atoms with van der Waals surface area (Å²) in [5, 5.41) is 6.66. The molecule has 0 aliphatic carbocycles. The van der Waals surface area contributed by atoms with Gasteiger partial charge in [-0.25, -0.2) is 0 Å². The highest BCUT2D eigenvalue weighted by molar-refractivity contribution is 6.22. The molecule has 0 fully saturated rings. The van der Waals surface area contributed by atoms with Gasteiger partial charge < -0.3 is 13.3 Å². The molecule has 0 atom stereocenters. The van der Waals surface area contributed by atoms with E-state index in [0.717, 1.165) is 93.6 Å². The van der Waals surface area contributed by atoms with Crippen LogP contribution in [0.2, 0.25) is 0 Å². The Hall–Kier alpha value is -5.28. The lowest BCUT2D eigenvalue weighted by Gasteiger charge is -2.11. The van der Waals surface area contributed by atoms with Gasteiger partial charge in [0.05, 0.1) is 0 Å². The van der Waals surface area contributed by atoms with Crippen molar-refractivity contribution < 1.29 is 13.3 Å². The molecule has 0 saturated carbocycles. The Labute approximate surface area is 228 Å². The molecule has 9 rings (SSSR count). The van der Waals surface area contributed by atoms with Crippen LogP contribution >= 0.6 is 0 Å². The van der Waals surface area contributed by atoms with Crippen molar-refractivity contribution in [2.45, 2.75) is 6.92 Å². The van der Waals surface area contributed by atoms with Crippen molar-refractivity contribution in [2.24, 2.45) is 0 Å². The van der Waals surface area contributed by atoms with Crippen LogP contribution in [-0.2, 0) is 0 Å². The summed E-state index contributed by atoms with van der Waals surface area (Å²) in [6, 6.07) is 39.9. The quantitative estimate of drug-likeness (QED) is 0.230. The molecule has 0 aliphatic heterocycles. The van der Waals surface area contributed by atoms with E-state index in [-0.39, 0.29) is 0 Å². The van der Waals surface area contributed by atoms with Gasteiger partial charge in [0.15, 0.2) is 0 Å². The Balaban J connectivity index is 1.42. The summed E-state index contributed by atoms with van der Waals surface area (Å²) in [4.78, 5) is 0. The van der Waals surface area contributed by atoms with E-state index in [0.29, 0.717) is 0 Å². The summed E-state index contributed by atoms with van der Waals surface area (Å²) >= 11 is 0. The summed E-state index contributed by atoms with van der Waals surface area (Å²) in [5.41, 5.74) is 10.7. The Kier molecular flexibility index (Phi) is 4.26. The molecule has 0 N–H and O–H groups in total. The molecule has 188 valence electrons. The van der Waals surface area contributed by atoms with Crippen molar-refractivity contribution in [3.8, 4) is 22.3 Å². The van der Waals surface area contributed by atoms with Crippen molar-refractivity contribution in [3.05, 3.63) is 121 Å². The largest absolute Gasteiger partial charge is 0.456 e. The number of furan rings is 3. The first-order valence-corrected chi connectivity index (χ1v) is 13.5. The number of rotatable bonds is 2. The average Bonchev–Trinajstić information content (AvgIpc) is 3.69. The maximum Gasteiger partial charge on any atom is 0.144 e. The van der Waals surface area contributed by atoms with Gasteiger partial charge in [-0.15, -0.1) is 0 Å². The number of hydrogen-bond acceptors (Lipinski definition) is 3. The molecule has 0 saturated heterocycles. The third kappa shape index (κ3) is 2.84. The Morgan fingerprint density at radius 1 is 0.350 bits per heavy atom. The lowest BCUT2D eigenvalue weighted by molar-refractivity contribution is 0.665. The molecule has 3 nitrogen and oxygen atoms in total. The lowest BCUT2D eigenvalue weighted by Crippen LogP contribution is -1.86. The molecule has 40 heavy (non-hydrogen) atoms. The van der Waals surface area contributed by atoms with Crippen molar-refractivity contribution in [1.29, 1.82) is 0 Å². The van der Waals surface area contributed by atoms with E-state index in [4.69, 9.17) is 13.3 Å². The van der Waals surface area contributed by atoms with Gasteiger partial charge in [0, 0.05) is 43.4 Å². The van der Waals surface area contributed by atoms with Gasteiger partial charge in [-0.3, -0.25) is 0 Å². The van der Waals surface area contributed by atoms with Gasteiger partial charge in [0.2, 0.25) is 0 Å². The zero-order valence-electron chi connectivity index (χ0n) is 21.7. The second-order valence-electron chi connectivity index (χ2n) is 10.5. The van der Waals surface area contributed by atoms with Crippen LogP contribution in [-0.4, -0.2) is 0 Å². The van der Waals surface area contributed by atoms with E-state index in [1.54, 1.807) is 0 Å². The molecule has 0 spiro atoms. The summed E-state index contributed by atoms with van der Waals surface area (Å²) in [7, 11) is 0. The molecule has 3 heteroatoms. The maximum absolute atomic E-state index is 6.66. The van der Waals surface area contributed by atoms with E-state index in [9.17, 15) is 0 Å². The Bertz CT molecular complexity index is 2450. The number of para-hydroxylation sites is 4. The number of hydrogen-bond donors (Lipinski definition) is 0. The summed E-state index contributed by atoms with van der Waals surface area (Å²) in [5.74, 6) is 0. The van der Waals surface area contributed by atoms with Crippen molar-refractivity contribution in [1.82, 2.24) is 0 Å². The van der Waals surface area contributed by atoms with Gasteiger partial charge in [-0.05, 0) is 47.9 Å². The summed E-state index contributed by atoms with van der Waals surface area (Å²) < 4.78 is 19.5. The molecule has 0 radical (unpaired) electrons. The first kappa shape index (κ1) is 21.6. The van der Waals surface area contributed by atoms with Gasteiger partial charge in [0.25, 0.3) is 0 Å². The highest BCUT2D eigenvalue weighted by Crippen LogP contribution is 2.47. The molecule has 6 aromatic carbocycles. The number of fused-ring (bicyclic) bond motifs is 9. The first-order chi connectivity index (χ1) is 19.8. The van der Waals surface area contributed by atoms with E-state index < -0.39 is 0 Å². The van der Waals surface area contributed by atoms with Gasteiger partial charge in [0.1, 0.15) is 33.5 Å². The minimum Gasteiger partial charge on any atom is -0.456 e. The fraction of sp³-hybridized carbons (Fsp3) is 0.0270. The molecule has 9 aromatic rings. The second-order valence-corrected chi connectivity index (χ2v) is 10.5. The van der Waals surface area contributed by atoms with Crippen LogP contribution < -0.4 is 0 Å². The van der Waals surface area contributed by atoms with Crippen LogP contribution in [0.4, 0.5) is 0 Å². The fourth-order valence-electron chi connectivity index (χ4n) is 6.41. The first-order valence-electron chi connectivity index (χ1n) is 13.5. The number of benzene rings is 6. The van der Waals surface area contributed by atoms with Crippen molar-refractivity contribution >= 4 is 65.8 Å². The van der Waals surface area contributed by atoms with Crippen molar-refractivity contribution in [2.75, 3.05) is 0 Å². The van der Waals surface area contributed by atoms with E-state index >= 15 is 0 Å². The Morgan fingerprint density at radius 3 is 1.55 bits per heavy atom. The molecule has 0 unspecified atom stereocenters. The van der Waals surface area contributed by atoms with Crippen LogP contribution in [0.5, 0.6) is 0 Å². The van der Waals surface area contributed by atoms with Crippen molar-refractivity contribution in [3.63, 3.8) is 0 Å². The highest BCUT2D eigenvalue weighted by atomic mass is 16.3. The minimum atomic E-state index is 0.855. The smallest absolute Gasteiger partial charge is 0.144 e. The topological polar surface area (TPSA) is 39.4 Å². The molecule has 0 amide bonds. The van der Waals surface area contributed by atoms with Crippen LogP contribution in [0, 0.1) is 6.92 Å². The lowest BCUT2D eigenvalue weighted by atomic mass is 9.91. The molecule has 0 aliphatic rings. The molecular weight excluding hydrogens is 492 g/mol. The SMILES string of the molecule is Cc1ccc(-c2ccc(-c3cccc4c3oc3ccccc34)c3oc4ccccc4c23)c2c1oc1ccccc12. The zero-order valence-corrected chi connectivity index (χ0v) is 21.7. The average molecular weight is 515 g/mol. The van der Waals surface area contributed by atoms with Gasteiger partial charge in [-0.2, -0.15) is 0 Å². The predicted octanol–water partition coefficient (Wildman–Crippen LogP) is 11.0. The van der Waals surface area contributed by atoms with Crippen LogP contribution in [0.15, 0.2) is 129 Å². The normalized spacial score (nSPS) is 12.1. The second kappa shape index (κ2) is 7.87. The van der Waals surface area contributed by atoms with Gasteiger partial charge >= 0.3 is 0 Å². The third-order valence-electron chi connectivity index (χ3n) is 8.23. The highest BCUT2D eigenvalue weighted by Gasteiger charge is 2.22. The minimum absolute atomic E-state index is 0.855. The van der Waals surface area contributed by atoms with Crippen LogP contribution in [0.1, 0.15) is 5.56 Å². The van der Waals surface area contributed by atoms with Crippen LogP contribution in [0.3, 0.4) is 0 Å². The molecule has 0 bridgehead atoms. The standard InChI is InChI=1S/C37H22O3/c1-21-17-18-23(33-28-10-3-6-15-31(28)38-35(21)33)24-19-20-27(37-34(24)29-11-4-7-16-32(29)40-37)26-13-8-12-25-22-9-2-5-14-30(22)39-36(25)26/h2-20H,1H3. The fourth-order valence-corrected chi connectivity index (χ4v) is 6.41. The molecule has 3 aromatic heterocycles. The Morgan fingerprint density at radius 2 is 0.825 bits per heavy atom. The third-order valence-corrected chi connectivity index (χ3v) is 8.23. The maximum atomic E-state index is 6.66. The number of aryl methyl sites for hydroxylation is 1. The van der Waals surface area contributed by atoms with E-state index in [2.05, 4.69) is 85.8 Å². The van der Waals surface area contributed by atoms with Gasteiger partial charge in [-0.1, -0.05) is 91.0 Å². The molecular formula is C37H22O3. The molecule has 3 heterocycles.